The van der Waals surface area contributed by atoms with Gasteiger partial charge < -0.3 is 14.9 Å². The van der Waals surface area contributed by atoms with Crippen molar-refractivity contribution in [2.75, 3.05) is 26.7 Å². The van der Waals surface area contributed by atoms with Crippen LogP contribution in [0.5, 0.6) is 0 Å². The van der Waals surface area contributed by atoms with Gasteiger partial charge in [-0.3, -0.25) is 9.59 Å². The number of aliphatic hydroxyl groups is 1. The average molecular weight is 326 g/mol. The number of nitrogens with zero attached hydrogens (tertiary/aromatic N) is 2. The summed E-state index contributed by atoms with van der Waals surface area (Å²) in [5.41, 5.74) is 0.582. The summed E-state index contributed by atoms with van der Waals surface area (Å²) in [5, 5.41) is 11.6. The summed E-state index contributed by atoms with van der Waals surface area (Å²) in [4.78, 5) is 28.1. The number of likely N-dealkylation sites (N-methyl/N-ethyl adjacent to an activating group) is 1. The maximum atomic E-state index is 12.6. The number of likely N-dealkylation sites (tertiary alicyclic amines) is 1. The molecule has 5 nitrogen and oxygen atoms in total. The SMILES string of the molecule is CN(CC(=O)N1CCC(O)CC1)C(=O)c1ccc2ccccc2c1. The molecule has 1 saturated heterocycles. The van der Waals surface area contributed by atoms with Crippen LogP contribution in [0.25, 0.3) is 10.8 Å². The molecule has 24 heavy (non-hydrogen) atoms. The van der Waals surface area contributed by atoms with Crippen molar-refractivity contribution < 1.29 is 14.7 Å². The van der Waals surface area contributed by atoms with Gasteiger partial charge in [0.1, 0.15) is 0 Å². The Morgan fingerprint density at radius 1 is 1.12 bits per heavy atom. The fourth-order valence-corrected chi connectivity index (χ4v) is 3.03. The van der Waals surface area contributed by atoms with E-state index in [4.69, 9.17) is 0 Å². The van der Waals surface area contributed by atoms with Gasteiger partial charge in [0, 0.05) is 25.7 Å². The van der Waals surface area contributed by atoms with E-state index in [2.05, 4.69) is 0 Å². The van der Waals surface area contributed by atoms with Crippen LogP contribution in [-0.2, 0) is 4.79 Å². The highest BCUT2D eigenvalue weighted by Crippen LogP contribution is 2.17. The predicted octanol–water partition coefficient (Wildman–Crippen LogP) is 1.90. The molecule has 0 aromatic heterocycles. The molecule has 1 aliphatic rings. The number of benzene rings is 2. The quantitative estimate of drug-likeness (QED) is 0.937. The number of hydrogen-bond donors (Lipinski definition) is 1. The molecule has 1 heterocycles. The lowest BCUT2D eigenvalue weighted by molar-refractivity contribution is -0.133. The first-order valence-electron chi connectivity index (χ1n) is 8.24. The Balaban J connectivity index is 1.66. The molecule has 1 N–H and O–H groups in total. The Morgan fingerprint density at radius 3 is 2.50 bits per heavy atom. The number of rotatable bonds is 3. The van der Waals surface area contributed by atoms with Gasteiger partial charge >= 0.3 is 0 Å². The minimum absolute atomic E-state index is 0.0573. The number of carbonyl (C=O) groups excluding carboxylic acids is 2. The Morgan fingerprint density at radius 2 is 1.79 bits per heavy atom. The summed E-state index contributed by atoms with van der Waals surface area (Å²) >= 11 is 0. The molecule has 126 valence electrons. The lowest BCUT2D eigenvalue weighted by Gasteiger charge is -2.31. The van der Waals surface area contributed by atoms with Crippen LogP contribution in [0.3, 0.4) is 0 Å². The van der Waals surface area contributed by atoms with Gasteiger partial charge in [-0.1, -0.05) is 30.3 Å². The minimum atomic E-state index is -0.314. The van der Waals surface area contributed by atoms with Crippen molar-refractivity contribution in [2.24, 2.45) is 0 Å². The first-order chi connectivity index (χ1) is 11.5. The number of piperidine rings is 1. The minimum Gasteiger partial charge on any atom is -0.393 e. The van der Waals surface area contributed by atoms with Crippen LogP contribution >= 0.6 is 0 Å². The fourth-order valence-electron chi connectivity index (χ4n) is 3.03. The van der Waals surface area contributed by atoms with Crippen molar-refractivity contribution in [3.8, 4) is 0 Å². The molecular weight excluding hydrogens is 304 g/mol. The molecule has 0 aliphatic carbocycles. The zero-order valence-electron chi connectivity index (χ0n) is 13.8. The van der Waals surface area contributed by atoms with E-state index in [1.165, 1.54) is 4.90 Å². The third kappa shape index (κ3) is 3.57. The van der Waals surface area contributed by atoms with Gasteiger partial charge in [-0.05, 0) is 35.7 Å². The first kappa shape index (κ1) is 16.5. The molecule has 3 rings (SSSR count). The third-order valence-corrected chi connectivity index (χ3v) is 4.53. The second kappa shape index (κ2) is 7.01. The largest absolute Gasteiger partial charge is 0.393 e. The van der Waals surface area contributed by atoms with E-state index in [0.29, 0.717) is 31.5 Å². The van der Waals surface area contributed by atoms with Gasteiger partial charge in [-0.15, -0.1) is 0 Å². The van der Waals surface area contributed by atoms with E-state index < -0.39 is 0 Å². The smallest absolute Gasteiger partial charge is 0.254 e. The summed E-state index contributed by atoms with van der Waals surface area (Å²) in [6.07, 6.45) is 0.897. The van der Waals surface area contributed by atoms with Gasteiger partial charge in [0.05, 0.1) is 12.6 Å². The third-order valence-electron chi connectivity index (χ3n) is 4.53. The van der Waals surface area contributed by atoms with E-state index in [1.807, 2.05) is 36.4 Å². The van der Waals surface area contributed by atoms with E-state index in [-0.39, 0.29) is 24.5 Å². The van der Waals surface area contributed by atoms with Crippen molar-refractivity contribution in [3.63, 3.8) is 0 Å². The maximum Gasteiger partial charge on any atom is 0.254 e. The standard InChI is InChI=1S/C19H22N2O3/c1-20(13-18(23)21-10-8-17(22)9-11-21)19(24)16-7-6-14-4-2-3-5-15(14)12-16/h2-7,12,17,22H,8-11,13H2,1H3. The molecule has 0 radical (unpaired) electrons. The molecule has 5 heteroatoms. The highest BCUT2D eigenvalue weighted by atomic mass is 16.3. The highest BCUT2D eigenvalue weighted by Gasteiger charge is 2.23. The Labute approximate surface area is 141 Å². The van der Waals surface area contributed by atoms with Gasteiger partial charge in [0.15, 0.2) is 0 Å². The number of hydrogen-bond acceptors (Lipinski definition) is 3. The van der Waals surface area contributed by atoms with Gasteiger partial charge in [-0.2, -0.15) is 0 Å². The van der Waals surface area contributed by atoms with Crippen molar-refractivity contribution in [1.29, 1.82) is 0 Å². The lowest BCUT2D eigenvalue weighted by Crippen LogP contribution is -2.45. The van der Waals surface area contributed by atoms with Crippen molar-refractivity contribution in [1.82, 2.24) is 9.80 Å². The topological polar surface area (TPSA) is 60.9 Å². The molecule has 0 bridgehead atoms. The first-order valence-corrected chi connectivity index (χ1v) is 8.24. The molecule has 0 saturated carbocycles. The maximum absolute atomic E-state index is 12.6. The van der Waals surface area contributed by atoms with E-state index in [0.717, 1.165) is 10.8 Å². The highest BCUT2D eigenvalue weighted by molar-refractivity contribution is 5.99. The molecule has 0 atom stereocenters. The summed E-state index contributed by atoms with van der Waals surface area (Å²) < 4.78 is 0. The zero-order valence-corrected chi connectivity index (χ0v) is 13.8. The molecule has 1 aliphatic heterocycles. The summed E-state index contributed by atoms with van der Waals surface area (Å²) in [5.74, 6) is -0.232. The molecule has 2 aromatic carbocycles. The number of fused-ring (bicyclic) bond motifs is 1. The Bertz CT molecular complexity index is 751. The van der Waals surface area contributed by atoms with Crippen LogP contribution in [0.4, 0.5) is 0 Å². The Kier molecular flexibility index (Phi) is 4.81. The van der Waals surface area contributed by atoms with Crippen LogP contribution in [0.1, 0.15) is 23.2 Å². The lowest BCUT2D eigenvalue weighted by atomic mass is 10.1. The Hall–Kier alpha value is -2.40. The second-order valence-corrected chi connectivity index (χ2v) is 6.34. The van der Waals surface area contributed by atoms with E-state index in [1.54, 1.807) is 18.0 Å². The van der Waals surface area contributed by atoms with Crippen LogP contribution in [0, 0.1) is 0 Å². The molecule has 0 unspecified atom stereocenters. The molecular formula is C19H22N2O3. The van der Waals surface area contributed by atoms with Crippen molar-refractivity contribution in [3.05, 3.63) is 48.0 Å². The zero-order chi connectivity index (χ0) is 17.1. The van der Waals surface area contributed by atoms with Gasteiger partial charge in [-0.25, -0.2) is 0 Å². The van der Waals surface area contributed by atoms with Crippen LogP contribution in [0.15, 0.2) is 42.5 Å². The van der Waals surface area contributed by atoms with Crippen LogP contribution in [0.2, 0.25) is 0 Å². The number of carbonyl (C=O) groups is 2. The number of aliphatic hydroxyl groups excluding tert-OH is 1. The van der Waals surface area contributed by atoms with E-state index in [9.17, 15) is 14.7 Å². The number of amides is 2. The average Bonchev–Trinajstić information content (AvgIpc) is 2.61. The van der Waals surface area contributed by atoms with Crippen LogP contribution in [-0.4, -0.2) is 59.5 Å². The summed E-state index contributed by atoms with van der Waals surface area (Å²) in [6.45, 7) is 1.16. The summed E-state index contributed by atoms with van der Waals surface area (Å²) in [6, 6.07) is 13.4. The predicted molar refractivity (Wildman–Crippen MR) is 92.7 cm³/mol. The van der Waals surface area contributed by atoms with Crippen molar-refractivity contribution in [2.45, 2.75) is 18.9 Å². The normalized spacial score (nSPS) is 15.5. The molecule has 0 spiro atoms. The van der Waals surface area contributed by atoms with Crippen LogP contribution < -0.4 is 0 Å². The molecule has 1 fully saturated rings. The van der Waals surface area contributed by atoms with Gasteiger partial charge in [0.2, 0.25) is 5.91 Å². The van der Waals surface area contributed by atoms with Crippen molar-refractivity contribution >= 4 is 22.6 Å². The van der Waals surface area contributed by atoms with Gasteiger partial charge in [0.25, 0.3) is 5.91 Å². The second-order valence-electron chi connectivity index (χ2n) is 6.34. The summed E-state index contributed by atoms with van der Waals surface area (Å²) in [7, 11) is 1.65. The molecule has 2 aromatic rings. The van der Waals surface area contributed by atoms with E-state index >= 15 is 0 Å². The fraction of sp³-hybridized carbons (Fsp3) is 0.368. The molecule has 2 amide bonds. The monoisotopic (exact) mass is 326 g/mol.